The first-order chi connectivity index (χ1) is 18.1. The van der Waals surface area contributed by atoms with Gasteiger partial charge < -0.3 is 10.1 Å². The van der Waals surface area contributed by atoms with E-state index in [0.717, 1.165) is 34.9 Å². The standard InChI is InChI=1S/C29H29ClN4O2S/c1-36-26-17-16-23(18-25(26)30)31-27(35)19-37-29-33-32-28(34(29)24-10-6-3-7-11-24)22-14-12-21(13-15-22)20-8-4-2-5-9-20/h2,4-5,8-9,12-18,24H,3,6-7,10-11,19H2,1H3,(H,31,35). The molecule has 4 aromatic rings. The molecule has 0 spiro atoms. The molecule has 1 amide bonds. The van der Waals surface area contributed by atoms with Gasteiger partial charge >= 0.3 is 0 Å². The van der Waals surface area contributed by atoms with Gasteiger partial charge in [0.2, 0.25) is 5.91 Å². The average molecular weight is 533 g/mol. The van der Waals surface area contributed by atoms with E-state index in [1.54, 1.807) is 25.3 Å². The first-order valence-corrected chi connectivity index (χ1v) is 13.9. The van der Waals surface area contributed by atoms with Crippen LogP contribution in [0.15, 0.2) is 78.0 Å². The van der Waals surface area contributed by atoms with Crippen molar-refractivity contribution in [1.82, 2.24) is 14.8 Å². The van der Waals surface area contributed by atoms with Crippen LogP contribution in [0.5, 0.6) is 5.75 Å². The highest BCUT2D eigenvalue weighted by atomic mass is 35.5. The molecule has 190 valence electrons. The van der Waals surface area contributed by atoms with E-state index in [-0.39, 0.29) is 11.7 Å². The van der Waals surface area contributed by atoms with Crippen molar-refractivity contribution in [1.29, 1.82) is 0 Å². The number of anilines is 1. The van der Waals surface area contributed by atoms with Crippen LogP contribution < -0.4 is 10.1 Å². The summed E-state index contributed by atoms with van der Waals surface area (Å²) in [5.74, 6) is 1.52. The Hall–Kier alpha value is -3.29. The third-order valence-electron chi connectivity index (χ3n) is 6.62. The maximum Gasteiger partial charge on any atom is 0.234 e. The molecule has 1 N–H and O–H groups in total. The van der Waals surface area contributed by atoms with Crippen molar-refractivity contribution in [2.24, 2.45) is 0 Å². The number of carbonyl (C=O) groups excluding carboxylic acids is 1. The summed E-state index contributed by atoms with van der Waals surface area (Å²) in [7, 11) is 1.56. The molecule has 1 fully saturated rings. The Morgan fingerprint density at radius 2 is 1.68 bits per heavy atom. The lowest BCUT2D eigenvalue weighted by Crippen LogP contribution is -2.17. The van der Waals surface area contributed by atoms with Gasteiger partial charge in [-0.2, -0.15) is 0 Å². The van der Waals surface area contributed by atoms with Crippen LogP contribution in [0.25, 0.3) is 22.5 Å². The summed E-state index contributed by atoms with van der Waals surface area (Å²) < 4.78 is 7.43. The second-order valence-electron chi connectivity index (χ2n) is 9.10. The fourth-order valence-corrected chi connectivity index (χ4v) is 5.82. The highest BCUT2D eigenvalue weighted by Gasteiger charge is 2.24. The molecule has 0 unspecified atom stereocenters. The molecular formula is C29H29ClN4O2S. The monoisotopic (exact) mass is 532 g/mol. The van der Waals surface area contributed by atoms with Crippen molar-refractivity contribution >= 4 is 35.0 Å². The molecule has 0 aliphatic heterocycles. The van der Waals surface area contributed by atoms with Crippen molar-refractivity contribution in [3.8, 4) is 28.3 Å². The predicted octanol–water partition coefficient (Wildman–Crippen LogP) is 7.51. The SMILES string of the molecule is COc1ccc(NC(=O)CSc2nnc(-c3ccc(-c4ccccc4)cc3)n2C2CCCCC2)cc1Cl. The van der Waals surface area contributed by atoms with E-state index in [0.29, 0.717) is 22.5 Å². The zero-order chi connectivity index (χ0) is 25.6. The predicted molar refractivity (Wildman–Crippen MR) is 150 cm³/mol. The third-order valence-corrected chi connectivity index (χ3v) is 7.86. The van der Waals surface area contributed by atoms with E-state index in [2.05, 4.69) is 56.5 Å². The summed E-state index contributed by atoms with van der Waals surface area (Å²) in [6.45, 7) is 0. The summed E-state index contributed by atoms with van der Waals surface area (Å²) in [5.41, 5.74) is 4.01. The number of methoxy groups -OCH3 is 1. The zero-order valence-electron chi connectivity index (χ0n) is 20.7. The number of hydrogen-bond donors (Lipinski definition) is 1. The van der Waals surface area contributed by atoms with Gasteiger partial charge in [0, 0.05) is 17.3 Å². The Morgan fingerprint density at radius 3 is 2.38 bits per heavy atom. The number of rotatable bonds is 8. The molecule has 0 saturated heterocycles. The Labute approximate surface area is 226 Å². The largest absolute Gasteiger partial charge is 0.495 e. The van der Waals surface area contributed by atoms with Gasteiger partial charge in [-0.25, -0.2) is 0 Å². The second kappa shape index (κ2) is 11.8. The molecule has 37 heavy (non-hydrogen) atoms. The highest BCUT2D eigenvalue weighted by molar-refractivity contribution is 7.99. The number of benzene rings is 3. The molecule has 1 aliphatic carbocycles. The van der Waals surface area contributed by atoms with Crippen molar-refractivity contribution < 1.29 is 9.53 Å². The van der Waals surface area contributed by atoms with Gasteiger partial charge in [-0.15, -0.1) is 10.2 Å². The van der Waals surface area contributed by atoms with Gasteiger partial charge in [-0.3, -0.25) is 9.36 Å². The van der Waals surface area contributed by atoms with Gasteiger partial charge in [-0.05, 0) is 42.2 Å². The Balaban J connectivity index is 1.34. The van der Waals surface area contributed by atoms with Crippen LogP contribution in [0.1, 0.15) is 38.1 Å². The summed E-state index contributed by atoms with van der Waals surface area (Å²) in [4.78, 5) is 12.7. The number of nitrogens with zero attached hydrogens (tertiary/aromatic N) is 3. The van der Waals surface area contributed by atoms with E-state index in [9.17, 15) is 4.79 Å². The first kappa shape index (κ1) is 25.4. The van der Waals surface area contributed by atoms with Crippen LogP contribution in [0.3, 0.4) is 0 Å². The van der Waals surface area contributed by atoms with Crippen LogP contribution >= 0.6 is 23.4 Å². The summed E-state index contributed by atoms with van der Waals surface area (Å²) in [6.07, 6.45) is 5.83. The molecule has 1 aromatic heterocycles. The summed E-state index contributed by atoms with van der Waals surface area (Å²) in [5, 5.41) is 13.2. The van der Waals surface area contributed by atoms with Crippen molar-refractivity contribution in [2.45, 2.75) is 43.3 Å². The lowest BCUT2D eigenvalue weighted by atomic mass is 9.95. The van der Waals surface area contributed by atoms with Crippen molar-refractivity contribution in [2.75, 3.05) is 18.2 Å². The van der Waals surface area contributed by atoms with Gasteiger partial charge in [-0.1, -0.05) is 97.2 Å². The normalized spacial score (nSPS) is 13.9. The number of hydrogen-bond acceptors (Lipinski definition) is 5. The van der Waals surface area contributed by atoms with E-state index < -0.39 is 0 Å². The molecular weight excluding hydrogens is 504 g/mol. The molecule has 5 rings (SSSR count). The fourth-order valence-electron chi connectivity index (χ4n) is 4.75. The van der Waals surface area contributed by atoms with E-state index in [1.165, 1.54) is 36.6 Å². The Morgan fingerprint density at radius 1 is 0.973 bits per heavy atom. The summed E-state index contributed by atoms with van der Waals surface area (Å²) >= 11 is 7.61. The molecule has 1 aliphatic rings. The molecule has 1 heterocycles. The Kier molecular flexibility index (Phi) is 8.12. The van der Waals surface area contributed by atoms with Gasteiger partial charge in [0.15, 0.2) is 11.0 Å². The summed E-state index contributed by atoms with van der Waals surface area (Å²) in [6, 6.07) is 24.3. The zero-order valence-corrected chi connectivity index (χ0v) is 22.3. The molecule has 0 bridgehead atoms. The minimum Gasteiger partial charge on any atom is -0.495 e. The third kappa shape index (κ3) is 6.00. The number of amides is 1. The number of ether oxygens (including phenoxy) is 1. The number of nitrogens with one attached hydrogen (secondary N) is 1. The van der Waals surface area contributed by atoms with Crippen molar-refractivity contribution in [3.63, 3.8) is 0 Å². The van der Waals surface area contributed by atoms with Crippen LogP contribution in [0, 0.1) is 0 Å². The quantitative estimate of drug-likeness (QED) is 0.238. The molecule has 0 radical (unpaired) electrons. The second-order valence-corrected chi connectivity index (χ2v) is 10.4. The number of thioether (sulfide) groups is 1. The average Bonchev–Trinajstić information content (AvgIpc) is 3.37. The van der Waals surface area contributed by atoms with E-state index >= 15 is 0 Å². The maximum absolute atomic E-state index is 12.7. The molecule has 6 nitrogen and oxygen atoms in total. The minimum atomic E-state index is -0.127. The van der Waals surface area contributed by atoms with Gasteiger partial charge in [0.25, 0.3) is 0 Å². The van der Waals surface area contributed by atoms with E-state index in [4.69, 9.17) is 16.3 Å². The lowest BCUT2D eigenvalue weighted by Gasteiger charge is -2.25. The van der Waals surface area contributed by atoms with Gasteiger partial charge in [0.05, 0.1) is 17.9 Å². The number of halogens is 1. The maximum atomic E-state index is 12.7. The molecule has 1 saturated carbocycles. The fraction of sp³-hybridized carbons (Fsp3) is 0.276. The van der Waals surface area contributed by atoms with E-state index in [1.807, 2.05) is 18.2 Å². The molecule has 3 aromatic carbocycles. The van der Waals surface area contributed by atoms with Crippen LogP contribution in [-0.4, -0.2) is 33.5 Å². The number of carbonyl (C=O) groups is 1. The Bertz CT molecular complexity index is 1350. The molecule has 8 heteroatoms. The van der Waals surface area contributed by atoms with Crippen LogP contribution in [0.4, 0.5) is 5.69 Å². The first-order valence-electron chi connectivity index (χ1n) is 12.5. The smallest absolute Gasteiger partial charge is 0.234 e. The molecule has 0 atom stereocenters. The van der Waals surface area contributed by atoms with Crippen molar-refractivity contribution in [3.05, 3.63) is 77.8 Å². The minimum absolute atomic E-state index is 0.127. The highest BCUT2D eigenvalue weighted by Crippen LogP contribution is 2.36. The number of aromatic nitrogens is 3. The van der Waals surface area contributed by atoms with Gasteiger partial charge in [0.1, 0.15) is 5.75 Å². The van der Waals surface area contributed by atoms with Crippen LogP contribution in [0.2, 0.25) is 5.02 Å². The van der Waals surface area contributed by atoms with Crippen LogP contribution in [-0.2, 0) is 4.79 Å². The lowest BCUT2D eigenvalue weighted by molar-refractivity contribution is -0.113. The topological polar surface area (TPSA) is 69.0 Å².